The Morgan fingerprint density at radius 2 is 1.67 bits per heavy atom. The van der Waals surface area contributed by atoms with Gasteiger partial charge in [0, 0.05) is 37.8 Å². The average Bonchev–Trinajstić information content (AvgIpc) is 2.60. The van der Waals surface area contributed by atoms with Gasteiger partial charge in [-0.25, -0.2) is 8.78 Å². The first-order chi connectivity index (χ1) is 11.6. The van der Waals surface area contributed by atoms with Crippen molar-refractivity contribution in [3.05, 3.63) is 35.4 Å². The minimum absolute atomic E-state index is 0.0965. The molecule has 0 unspecified atom stereocenters. The topological polar surface area (TPSA) is 32.8 Å². The second kappa shape index (κ2) is 8.03. The summed E-state index contributed by atoms with van der Waals surface area (Å²) in [7, 11) is 0. The van der Waals surface area contributed by atoms with Gasteiger partial charge in [-0.1, -0.05) is 0 Å². The van der Waals surface area contributed by atoms with Crippen molar-refractivity contribution in [2.45, 2.75) is 19.3 Å². The van der Waals surface area contributed by atoms with Gasteiger partial charge >= 0.3 is 0 Å². The fraction of sp³-hybridized carbons (Fsp3) is 0.611. The molecule has 1 aromatic carbocycles. The zero-order valence-electron chi connectivity index (χ0n) is 13.8. The molecule has 0 radical (unpaired) electrons. The van der Waals surface area contributed by atoms with Gasteiger partial charge in [-0.2, -0.15) is 0 Å². The Labute approximate surface area is 141 Å². The molecule has 2 aliphatic heterocycles. The maximum atomic E-state index is 13.3. The molecular weight excluding hydrogens is 314 g/mol. The summed E-state index contributed by atoms with van der Waals surface area (Å²) in [6, 6.07) is 3.00. The summed E-state index contributed by atoms with van der Waals surface area (Å²) in [5, 5.41) is 0. The highest BCUT2D eigenvalue weighted by atomic mass is 19.1. The van der Waals surface area contributed by atoms with Crippen LogP contribution in [0.5, 0.6) is 0 Å². The van der Waals surface area contributed by atoms with E-state index in [1.807, 2.05) is 0 Å². The van der Waals surface area contributed by atoms with E-state index in [4.69, 9.17) is 4.74 Å². The van der Waals surface area contributed by atoms with Crippen LogP contribution in [-0.2, 0) is 4.74 Å². The second-order valence-corrected chi connectivity index (χ2v) is 6.64. The number of hydrogen-bond acceptors (Lipinski definition) is 3. The first-order valence-corrected chi connectivity index (χ1v) is 8.67. The number of carbonyl (C=O) groups excluding carboxylic acids is 1. The first-order valence-electron chi connectivity index (χ1n) is 8.67. The van der Waals surface area contributed by atoms with Crippen LogP contribution in [0.25, 0.3) is 0 Å². The molecule has 0 aromatic heterocycles. The maximum Gasteiger partial charge on any atom is 0.254 e. The van der Waals surface area contributed by atoms with E-state index in [1.165, 1.54) is 0 Å². The summed E-state index contributed by atoms with van der Waals surface area (Å²) in [6.07, 6.45) is 3.04. The van der Waals surface area contributed by atoms with Crippen LogP contribution in [0.1, 0.15) is 29.6 Å². The van der Waals surface area contributed by atoms with Crippen LogP contribution in [0.2, 0.25) is 0 Å². The maximum absolute atomic E-state index is 13.3. The van der Waals surface area contributed by atoms with Crippen LogP contribution in [0.4, 0.5) is 8.78 Å². The zero-order valence-corrected chi connectivity index (χ0v) is 13.8. The number of amides is 1. The lowest BCUT2D eigenvalue weighted by Crippen LogP contribution is -2.40. The smallest absolute Gasteiger partial charge is 0.254 e. The fourth-order valence-electron chi connectivity index (χ4n) is 3.47. The van der Waals surface area contributed by atoms with Gasteiger partial charge in [-0.05, 0) is 43.9 Å². The lowest BCUT2D eigenvalue weighted by molar-refractivity contribution is 0.0332. The fourth-order valence-corrected chi connectivity index (χ4v) is 3.47. The lowest BCUT2D eigenvalue weighted by Gasteiger charge is -2.34. The number of morpholine rings is 1. The minimum Gasteiger partial charge on any atom is -0.379 e. The predicted octanol–water partition coefficient (Wildman–Crippen LogP) is 2.54. The van der Waals surface area contributed by atoms with E-state index in [-0.39, 0.29) is 11.5 Å². The molecule has 0 spiro atoms. The van der Waals surface area contributed by atoms with Gasteiger partial charge < -0.3 is 9.64 Å². The minimum atomic E-state index is -0.709. The number of benzene rings is 1. The number of piperidine rings is 1. The lowest BCUT2D eigenvalue weighted by atomic mass is 9.93. The molecule has 3 rings (SSSR count). The van der Waals surface area contributed by atoms with Crippen molar-refractivity contribution in [2.75, 3.05) is 45.9 Å². The monoisotopic (exact) mass is 338 g/mol. The highest BCUT2D eigenvalue weighted by Crippen LogP contribution is 2.23. The molecule has 0 bridgehead atoms. The normalized spacial score (nSPS) is 20.3. The third kappa shape index (κ3) is 4.51. The van der Waals surface area contributed by atoms with E-state index in [1.54, 1.807) is 4.90 Å². The molecule has 2 fully saturated rings. The van der Waals surface area contributed by atoms with E-state index in [0.717, 1.165) is 70.3 Å². The number of hydrogen-bond donors (Lipinski definition) is 0. The van der Waals surface area contributed by atoms with Gasteiger partial charge in [0.2, 0.25) is 0 Å². The molecule has 0 N–H and O–H groups in total. The Hall–Kier alpha value is -1.53. The molecule has 2 saturated heterocycles. The molecule has 0 saturated carbocycles. The van der Waals surface area contributed by atoms with E-state index < -0.39 is 11.6 Å². The predicted molar refractivity (Wildman–Crippen MR) is 86.9 cm³/mol. The third-order valence-corrected chi connectivity index (χ3v) is 4.97. The Morgan fingerprint density at radius 1 is 1.04 bits per heavy atom. The van der Waals surface area contributed by atoms with Crippen molar-refractivity contribution in [1.29, 1.82) is 0 Å². The molecule has 2 aliphatic rings. The van der Waals surface area contributed by atoms with Crippen molar-refractivity contribution in [3.63, 3.8) is 0 Å². The highest BCUT2D eigenvalue weighted by molar-refractivity contribution is 5.94. The molecule has 0 aliphatic carbocycles. The molecule has 132 valence electrons. The third-order valence-electron chi connectivity index (χ3n) is 4.97. The van der Waals surface area contributed by atoms with Crippen LogP contribution >= 0.6 is 0 Å². The Kier molecular flexibility index (Phi) is 5.79. The summed E-state index contributed by atoms with van der Waals surface area (Å²) in [4.78, 5) is 16.5. The zero-order chi connectivity index (χ0) is 16.9. The summed E-state index contributed by atoms with van der Waals surface area (Å²) in [5.74, 6) is -1.08. The SMILES string of the molecule is O=C(c1cc(F)cc(F)c1)N1CCC(CCN2CCOCC2)CC1. The first kappa shape index (κ1) is 17.3. The Bertz CT molecular complexity index is 548. The number of likely N-dealkylation sites (tertiary alicyclic amines) is 1. The van der Waals surface area contributed by atoms with Gasteiger partial charge in [0.15, 0.2) is 0 Å². The summed E-state index contributed by atoms with van der Waals surface area (Å²) >= 11 is 0. The Balaban J connectivity index is 1.46. The molecule has 0 atom stereocenters. The van der Waals surface area contributed by atoms with Crippen LogP contribution in [0.3, 0.4) is 0 Å². The van der Waals surface area contributed by atoms with Gasteiger partial charge in [-0.15, -0.1) is 0 Å². The number of carbonyl (C=O) groups is 1. The van der Waals surface area contributed by atoms with Crippen LogP contribution in [0.15, 0.2) is 18.2 Å². The van der Waals surface area contributed by atoms with E-state index in [2.05, 4.69) is 4.90 Å². The summed E-state index contributed by atoms with van der Waals surface area (Å²) in [6.45, 7) is 6.03. The van der Waals surface area contributed by atoms with Crippen LogP contribution in [-0.4, -0.2) is 61.6 Å². The average molecular weight is 338 g/mol. The quantitative estimate of drug-likeness (QED) is 0.846. The molecule has 4 nitrogen and oxygen atoms in total. The van der Waals surface area contributed by atoms with E-state index >= 15 is 0 Å². The summed E-state index contributed by atoms with van der Waals surface area (Å²) in [5.41, 5.74) is 0.0965. The van der Waals surface area contributed by atoms with Crippen LogP contribution < -0.4 is 0 Å². The molecule has 6 heteroatoms. The van der Waals surface area contributed by atoms with Crippen molar-refractivity contribution in [2.24, 2.45) is 5.92 Å². The largest absolute Gasteiger partial charge is 0.379 e. The molecule has 24 heavy (non-hydrogen) atoms. The molecule has 1 aromatic rings. The van der Waals surface area contributed by atoms with Gasteiger partial charge in [0.1, 0.15) is 11.6 Å². The number of rotatable bonds is 4. The number of ether oxygens (including phenoxy) is 1. The Morgan fingerprint density at radius 3 is 2.29 bits per heavy atom. The summed E-state index contributed by atoms with van der Waals surface area (Å²) < 4.78 is 31.9. The van der Waals surface area contributed by atoms with Gasteiger partial charge in [0.25, 0.3) is 5.91 Å². The second-order valence-electron chi connectivity index (χ2n) is 6.64. The van der Waals surface area contributed by atoms with E-state index in [9.17, 15) is 13.6 Å². The molecule has 1 amide bonds. The van der Waals surface area contributed by atoms with E-state index in [0.29, 0.717) is 19.0 Å². The molecule has 2 heterocycles. The van der Waals surface area contributed by atoms with Crippen molar-refractivity contribution in [3.8, 4) is 0 Å². The highest BCUT2D eigenvalue weighted by Gasteiger charge is 2.24. The van der Waals surface area contributed by atoms with Gasteiger partial charge in [0.05, 0.1) is 13.2 Å². The van der Waals surface area contributed by atoms with Crippen LogP contribution in [0, 0.1) is 17.6 Å². The molecular formula is C18H24F2N2O2. The van der Waals surface area contributed by atoms with Crippen molar-refractivity contribution >= 4 is 5.91 Å². The van der Waals surface area contributed by atoms with Crippen molar-refractivity contribution < 1.29 is 18.3 Å². The van der Waals surface area contributed by atoms with Gasteiger partial charge in [-0.3, -0.25) is 9.69 Å². The number of nitrogens with zero attached hydrogens (tertiary/aromatic N) is 2. The number of halogens is 2. The van der Waals surface area contributed by atoms with Crippen molar-refractivity contribution in [1.82, 2.24) is 9.80 Å². The standard InChI is InChI=1S/C18H24F2N2O2/c19-16-11-15(12-17(20)13-16)18(23)22-5-2-14(3-6-22)1-4-21-7-9-24-10-8-21/h11-14H,1-10H2.